The Kier molecular flexibility index (Phi) is 4.36. The fraction of sp³-hybridized carbons (Fsp3) is 0.500. The van der Waals surface area contributed by atoms with Crippen molar-refractivity contribution in [3.63, 3.8) is 0 Å². The third kappa shape index (κ3) is 2.67. The van der Waals surface area contributed by atoms with Gasteiger partial charge in [0.15, 0.2) is 0 Å². The van der Waals surface area contributed by atoms with Crippen LogP contribution in [0, 0.1) is 0 Å². The number of hydrogen-bond donors (Lipinski definition) is 1. The normalized spacial score (nSPS) is 16.9. The van der Waals surface area contributed by atoms with E-state index in [-0.39, 0.29) is 10.6 Å². The predicted molar refractivity (Wildman–Crippen MR) is 73.5 cm³/mol. The minimum atomic E-state index is -3.66. The number of hydrogen-bond acceptors (Lipinski definition) is 6. The number of anilines is 1. The van der Waals surface area contributed by atoms with E-state index in [2.05, 4.69) is 0 Å². The van der Waals surface area contributed by atoms with Crippen LogP contribution in [0.25, 0.3) is 0 Å². The maximum absolute atomic E-state index is 12.6. The molecule has 1 aliphatic rings. The average molecular weight is 302 g/mol. The topological polar surface area (TPSA) is 91.1 Å². The van der Waals surface area contributed by atoms with Gasteiger partial charge >= 0.3 is 0 Å². The van der Waals surface area contributed by atoms with E-state index in [9.17, 15) is 8.42 Å². The number of benzene rings is 1. The van der Waals surface area contributed by atoms with Gasteiger partial charge in [-0.1, -0.05) is 0 Å². The lowest BCUT2D eigenvalue weighted by Crippen LogP contribution is -2.40. The highest BCUT2D eigenvalue weighted by atomic mass is 32.2. The molecule has 8 heteroatoms. The van der Waals surface area contributed by atoms with E-state index < -0.39 is 10.0 Å². The zero-order valence-electron chi connectivity index (χ0n) is 11.5. The van der Waals surface area contributed by atoms with Gasteiger partial charge in [0.05, 0.1) is 33.1 Å². The summed E-state index contributed by atoms with van der Waals surface area (Å²) < 4.78 is 42.0. The van der Waals surface area contributed by atoms with Gasteiger partial charge in [-0.2, -0.15) is 4.31 Å². The molecule has 0 amide bonds. The van der Waals surface area contributed by atoms with Gasteiger partial charge < -0.3 is 19.9 Å². The van der Waals surface area contributed by atoms with Crippen molar-refractivity contribution < 1.29 is 22.6 Å². The zero-order valence-corrected chi connectivity index (χ0v) is 12.3. The summed E-state index contributed by atoms with van der Waals surface area (Å²) in [6.45, 7) is 1.40. The first kappa shape index (κ1) is 14.9. The first-order valence-electron chi connectivity index (χ1n) is 6.10. The number of methoxy groups -OCH3 is 2. The lowest BCUT2D eigenvalue weighted by atomic mass is 10.3. The largest absolute Gasteiger partial charge is 0.495 e. The van der Waals surface area contributed by atoms with Crippen molar-refractivity contribution in [3.05, 3.63) is 12.1 Å². The highest BCUT2D eigenvalue weighted by Crippen LogP contribution is 2.35. The van der Waals surface area contributed by atoms with Gasteiger partial charge in [-0.3, -0.25) is 0 Å². The summed E-state index contributed by atoms with van der Waals surface area (Å²) in [6.07, 6.45) is 0. The maximum Gasteiger partial charge on any atom is 0.247 e. The van der Waals surface area contributed by atoms with Crippen molar-refractivity contribution in [2.24, 2.45) is 0 Å². The van der Waals surface area contributed by atoms with E-state index in [4.69, 9.17) is 19.9 Å². The number of nitrogen functional groups attached to an aromatic ring is 1. The molecule has 1 heterocycles. The van der Waals surface area contributed by atoms with Crippen LogP contribution in [0.2, 0.25) is 0 Å². The van der Waals surface area contributed by atoms with Crippen molar-refractivity contribution in [1.29, 1.82) is 0 Å². The van der Waals surface area contributed by atoms with Crippen LogP contribution in [-0.4, -0.2) is 53.2 Å². The molecular weight excluding hydrogens is 284 g/mol. The molecule has 0 atom stereocenters. The third-order valence-corrected chi connectivity index (χ3v) is 5.02. The molecule has 1 saturated heterocycles. The lowest BCUT2D eigenvalue weighted by Gasteiger charge is -2.27. The smallest absolute Gasteiger partial charge is 0.247 e. The first-order chi connectivity index (χ1) is 9.50. The predicted octanol–water partition coefficient (Wildman–Crippen LogP) is 0.307. The molecule has 1 aromatic carbocycles. The molecule has 0 aliphatic carbocycles. The fourth-order valence-electron chi connectivity index (χ4n) is 2.02. The van der Waals surface area contributed by atoms with Crippen molar-refractivity contribution in [2.45, 2.75) is 4.90 Å². The fourth-order valence-corrected chi connectivity index (χ4v) is 3.58. The highest BCUT2D eigenvalue weighted by molar-refractivity contribution is 7.89. The average Bonchev–Trinajstić information content (AvgIpc) is 2.47. The molecule has 0 radical (unpaired) electrons. The number of morpholine rings is 1. The van der Waals surface area contributed by atoms with Crippen LogP contribution in [0.1, 0.15) is 0 Å². The van der Waals surface area contributed by atoms with Gasteiger partial charge in [-0.25, -0.2) is 8.42 Å². The summed E-state index contributed by atoms with van der Waals surface area (Å²) in [4.78, 5) is 0.0490. The second-order valence-electron chi connectivity index (χ2n) is 4.26. The number of ether oxygens (including phenoxy) is 3. The van der Waals surface area contributed by atoms with Crippen LogP contribution in [0.3, 0.4) is 0 Å². The van der Waals surface area contributed by atoms with Gasteiger partial charge in [-0.15, -0.1) is 0 Å². The molecule has 0 saturated carbocycles. The molecule has 0 bridgehead atoms. The monoisotopic (exact) mass is 302 g/mol. The van der Waals surface area contributed by atoms with E-state index in [1.54, 1.807) is 0 Å². The van der Waals surface area contributed by atoms with E-state index in [0.717, 1.165) is 0 Å². The highest BCUT2D eigenvalue weighted by Gasteiger charge is 2.30. The lowest BCUT2D eigenvalue weighted by molar-refractivity contribution is 0.0729. The quantitative estimate of drug-likeness (QED) is 0.805. The molecule has 20 heavy (non-hydrogen) atoms. The van der Waals surface area contributed by atoms with Gasteiger partial charge in [0.2, 0.25) is 10.0 Å². The van der Waals surface area contributed by atoms with Gasteiger partial charge in [0.25, 0.3) is 0 Å². The summed E-state index contributed by atoms with van der Waals surface area (Å²) in [5.74, 6) is 0.507. The molecule has 2 rings (SSSR count). The third-order valence-electron chi connectivity index (χ3n) is 3.10. The molecular formula is C12H18N2O5S. The van der Waals surface area contributed by atoms with Gasteiger partial charge in [0.1, 0.15) is 16.4 Å². The van der Waals surface area contributed by atoms with Crippen LogP contribution in [0.4, 0.5) is 5.69 Å². The van der Waals surface area contributed by atoms with Crippen molar-refractivity contribution in [3.8, 4) is 11.5 Å². The molecule has 112 valence electrons. The Bertz CT molecular complexity index is 582. The maximum atomic E-state index is 12.6. The molecule has 1 aromatic rings. The van der Waals surface area contributed by atoms with Crippen molar-refractivity contribution in [1.82, 2.24) is 4.31 Å². The Morgan fingerprint density at radius 3 is 2.30 bits per heavy atom. The molecule has 0 spiro atoms. The Hall–Kier alpha value is -1.51. The van der Waals surface area contributed by atoms with Gasteiger partial charge in [-0.05, 0) is 0 Å². The first-order valence-corrected chi connectivity index (χ1v) is 7.54. The van der Waals surface area contributed by atoms with Crippen LogP contribution in [0.5, 0.6) is 11.5 Å². The SMILES string of the molecule is COc1cc(S(=O)(=O)N2CCOCC2)c(OC)cc1N. The van der Waals surface area contributed by atoms with E-state index in [1.165, 1.54) is 30.7 Å². The van der Waals surface area contributed by atoms with Crippen LogP contribution < -0.4 is 15.2 Å². The van der Waals surface area contributed by atoms with E-state index >= 15 is 0 Å². The van der Waals surface area contributed by atoms with E-state index in [1.807, 2.05) is 0 Å². The second-order valence-corrected chi connectivity index (χ2v) is 6.17. The summed E-state index contributed by atoms with van der Waals surface area (Å²) in [5, 5.41) is 0. The van der Waals surface area contributed by atoms with Gasteiger partial charge in [0, 0.05) is 25.2 Å². The van der Waals surface area contributed by atoms with Crippen LogP contribution >= 0.6 is 0 Å². The van der Waals surface area contributed by atoms with Crippen molar-refractivity contribution in [2.75, 3.05) is 46.3 Å². The zero-order chi connectivity index (χ0) is 14.8. The number of sulfonamides is 1. The number of nitrogens with zero attached hydrogens (tertiary/aromatic N) is 1. The number of nitrogens with two attached hydrogens (primary N) is 1. The van der Waals surface area contributed by atoms with Crippen molar-refractivity contribution >= 4 is 15.7 Å². The molecule has 1 fully saturated rings. The Balaban J connectivity index is 2.49. The minimum Gasteiger partial charge on any atom is -0.495 e. The Morgan fingerprint density at radius 2 is 1.75 bits per heavy atom. The Labute approximate surface area is 118 Å². The standard InChI is InChI=1S/C12H18N2O5S/c1-17-10-8-12(11(18-2)7-9(10)13)20(15,16)14-3-5-19-6-4-14/h7-8H,3-6,13H2,1-2H3. The summed E-state index contributed by atoms with van der Waals surface area (Å²) in [5.41, 5.74) is 6.09. The number of rotatable bonds is 4. The second kappa shape index (κ2) is 5.86. The molecule has 0 unspecified atom stereocenters. The molecule has 7 nitrogen and oxygen atoms in total. The molecule has 2 N–H and O–H groups in total. The Morgan fingerprint density at radius 1 is 1.15 bits per heavy atom. The van der Waals surface area contributed by atoms with Crippen LogP contribution in [0.15, 0.2) is 17.0 Å². The van der Waals surface area contributed by atoms with Crippen LogP contribution in [-0.2, 0) is 14.8 Å². The summed E-state index contributed by atoms with van der Waals surface area (Å²) in [6, 6.07) is 2.84. The minimum absolute atomic E-state index is 0.0490. The summed E-state index contributed by atoms with van der Waals surface area (Å²) in [7, 11) is -0.825. The van der Waals surface area contributed by atoms with E-state index in [0.29, 0.717) is 37.7 Å². The molecule has 0 aromatic heterocycles. The summed E-state index contributed by atoms with van der Waals surface area (Å²) >= 11 is 0. The molecule has 1 aliphatic heterocycles.